The second kappa shape index (κ2) is 13.3. The third-order valence-corrected chi connectivity index (χ3v) is 7.42. The highest BCUT2D eigenvalue weighted by atomic mass is 32.2. The van der Waals surface area contributed by atoms with E-state index in [2.05, 4.69) is 24.3 Å². The van der Waals surface area contributed by atoms with Crippen LogP contribution in [0.15, 0.2) is 91.0 Å². The molecule has 0 aliphatic carbocycles. The third-order valence-electron chi connectivity index (χ3n) is 5.75. The summed E-state index contributed by atoms with van der Waals surface area (Å²) in [4.78, 5) is 0. The number of fused-ring (bicyclic) bond motifs is 1. The first-order valence-electron chi connectivity index (χ1n) is 11.8. The SMILES string of the molecule is Oc1cc(O)c2c(c1)O[C@H](c1ccc(O)c(O)c1)[C@@H](O)C2.c1ccc(CSOSCc2ccccc2)cc1. The maximum absolute atomic E-state index is 10.2. The normalized spacial score (nSPS) is 16.0. The monoisotopic (exact) mass is 552 g/mol. The van der Waals surface area contributed by atoms with Gasteiger partial charge in [-0.05, 0) is 28.8 Å². The van der Waals surface area contributed by atoms with Crippen molar-refractivity contribution in [1.29, 1.82) is 0 Å². The van der Waals surface area contributed by atoms with Crippen LogP contribution in [0.4, 0.5) is 0 Å². The van der Waals surface area contributed by atoms with Crippen LogP contribution in [0.5, 0.6) is 28.7 Å². The molecule has 1 aliphatic rings. The highest BCUT2D eigenvalue weighted by Crippen LogP contribution is 2.42. The molecule has 4 aromatic rings. The maximum Gasteiger partial charge on any atom is 0.157 e. The van der Waals surface area contributed by atoms with Gasteiger partial charge >= 0.3 is 0 Å². The van der Waals surface area contributed by atoms with Crippen LogP contribution in [0.2, 0.25) is 0 Å². The van der Waals surface area contributed by atoms with Crippen LogP contribution in [-0.4, -0.2) is 31.6 Å². The lowest BCUT2D eigenvalue weighted by atomic mass is 9.94. The number of hydrogen-bond donors (Lipinski definition) is 5. The fraction of sp³-hybridized carbons (Fsp3) is 0.172. The summed E-state index contributed by atoms with van der Waals surface area (Å²) in [6, 6.07) is 27.4. The van der Waals surface area contributed by atoms with Crippen molar-refractivity contribution in [2.45, 2.75) is 30.1 Å². The lowest BCUT2D eigenvalue weighted by Crippen LogP contribution is -2.30. The van der Waals surface area contributed by atoms with E-state index < -0.39 is 12.2 Å². The molecule has 0 amide bonds. The average Bonchev–Trinajstić information content (AvgIpc) is 2.92. The van der Waals surface area contributed by atoms with E-state index >= 15 is 0 Å². The van der Waals surface area contributed by atoms with Crippen molar-refractivity contribution in [1.82, 2.24) is 0 Å². The zero-order chi connectivity index (χ0) is 26.9. The Hall–Kier alpha value is -3.50. The summed E-state index contributed by atoms with van der Waals surface area (Å²) in [5.74, 6) is 1.19. The first-order chi connectivity index (χ1) is 18.4. The number of aliphatic hydroxyl groups excluding tert-OH is 1. The molecular formula is C29H28O7S2. The number of ether oxygens (including phenoxy) is 1. The molecule has 1 aliphatic heterocycles. The number of rotatable bonds is 7. The quantitative estimate of drug-likeness (QED) is 0.103. The van der Waals surface area contributed by atoms with Gasteiger partial charge in [-0.1, -0.05) is 66.7 Å². The lowest BCUT2D eigenvalue weighted by molar-refractivity contribution is 0.0197. The van der Waals surface area contributed by atoms with Crippen molar-refractivity contribution in [2.24, 2.45) is 0 Å². The maximum atomic E-state index is 10.2. The fourth-order valence-electron chi connectivity index (χ4n) is 3.83. The molecule has 0 radical (unpaired) electrons. The Morgan fingerprint density at radius 3 is 1.89 bits per heavy atom. The standard InChI is InChI=1S/C15H14O6.C14H14OS2/c16-8-4-11(18)9-6-13(20)15(21-14(9)5-8)7-1-2-10(17)12(19)3-7;1-3-7-13(8-4-1)11-16-15-17-12-14-9-5-2-6-10-14/h1-5,13,15-20H,6H2;1-10H,11-12H2/t13-,15+;/m0./s1. The number of phenolic OH excluding ortho intramolecular Hbond substituents is 4. The summed E-state index contributed by atoms with van der Waals surface area (Å²) in [6.07, 6.45) is -1.56. The molecule has 5 rings (SSSR count). The van der Waals surface area contributed by atoms with E-state index in [1.807, 2.05) is 36.4 Å². The Kier molecular flexibility index (Phi) is 9.67. The molecule has 38 heavy (non-hydrogen) atoms. The van der Waals surface area contributed by atoms with Gasteiger partial charge in [-0.3, -0.25) is 0 Å². The smallest absolute Gasteiger partial charge is 0.157 e. The number of hydrogen-bond acceptors (Lipinski definition) is 9. The minimum absolute atomic E-state index is 0.143. The van der Waals surface area contributed by atoms with Crippen LogP contribution in [-0.2, 0) is 21.6 Å². The van der Waals surface area contributed by atoms with Gasteiger partial charge in [0, 0.05) is 59.7 Å². The Bertz CT molecular complexity index is 1280. The molecule has 1 heterocycles. The number of aliphatic hydroxyl groups is 1. The largest absolute Gasteiger partial charge is 0.508 e. The van der Waals surface area contributed by atoms with Crippen molar-refractivity contribution in [3.05, 3.63) is 113 Å². The first-order valence-corrected chi connectivity index (χ1v) is 13.6. The van der Waals surface area contributed by atoms with E-state index in [-0.39, 0.29) is 35.2 Å². The summed E-state index contributed by atoms with van der Waals surface area (Å²) >= 11 is 2.98. The third kappa shape index (κ3) is 7.52. The Morgan fingerprint density at radius 1 is 0.711 bits per heavy atom. The zero-order valence-corrected chi connectivity index (χ0v) is 21.9. The van der Waals surface area contributed by atoms with Gasteiger partial charge in [-0.25, -0.2) is 3.63 Å². The van der Waals surface area contributed by atoms with E-state index in [4.69, 9.17) is 8.37 Å². The summed E-state index contributed by atoms with van der Waals surface area (Å²) in [5, 5.41) is 48.3. The average molecular weight is 553 g/mol. The van der Waals surface area contributed by atoms with Crippen LogP contribution in [0, 0.1) is 0 Å². The molecule has 2 atom stereocenters. The second-order valence-corrected chi connectivity index (χ2v) is 10.2. The van der Waals surface area contributed by atoms with Crippen LogP contribution >= 0.6 is 24.1 Å². The van der Waals surface area contributed by atoms with Crippen LogP contribution in [0.1, 0.15) is 28.4 Å². The molecule has 0 bridgehead atoms. The van der Waals surface area contributed by atoms with Crippen molar-refractivity contribution in [2.75, 3.05) is 0 Å². The zero-order valence-electron chi connectivity index (χ0n) is 20.3. The van der Waals surface area contributed by atoms with Gasteiger partial charge in [-0.15, -0.1) is 0 Å². The Morgan fingerprint density at radius 2 is 1.32 bits per heavy atom. The van der Waals surface area contributed by atoms with Crippen molar-refractivity contribution in [3.8, 4) is 28.7 Å². The van der Waals surface area contributed by atoms with Gasteiger partial charge in [0.2, 0.25) is 0 Å². The van der Waals surface area contributed by atoms with E-state index in [9.17, 15) is 25.5 Å². The number of phenols is 4. The molecule has 0 spiro atoms. The Balaban J connectivity index is 0.000000181. The second-order valence-electron chi connectivity index (χ2n) is 8.56. The van der Waals surface area contributed by atoms with Gasteiger partial charge in [-0.2, -0.15) is 0 Å². The van der Waals surface area contributed by atoms with Crippen LogP contribution in [0.3, 0.4) is 0 Å². The highest BCUT2D eigenvalue weighted by molar-refractivity contribution is 8.07. The molecule has 198 valence electrons. The first kappa shape index (κ1) is 27.5. The van der Waals surface area contributed by atoms with Gasteiger partial charge in [0.25, 0.3) is 0 Å². The van der Waals surface area contributed by atoms with E-state index in [1.54, 1.807) is 0 Å². The molecule has 0 unspecified atom stereocenters. The minimum Gasteiger partial charge on any atom is -0.508 e. The van der Waals surface area contributed by atoms with Gasteiger partial charge in [0.1, 0.15) is 23.4 Å². The summed E-state index contributed by atoms with van der Waals surface area (Å²) in [7, 11) is 0. The molecule has 5 N–H and O–H groups in total. The van der Waals surface area contributed by atoms with Crippen molar-refractivity contribution in [3.63, 3.8) is 0 Å². The minimum atomic E-state index is -0.933. The molecule has 7 nitrogen and oxygen atoms in total. The van der Waals surface area contributed by atoms with Crippen LogP contribution < -0.4 is 4.74 Å². The summed E-state index contributed by atoms with van der Waals surface area (Å²) in [5.41, 5.74) is 3.47. The van der Waals surface area contributed by atoms with Crippen LogP contribution in [0.25, 0.3) is 0 Å². The molecule has 9 heteroatoms. The number of aromatic hydroxyl groups is 4. The lowest BCUT2D eigenvalue weighted by Gasteiger charge is -2.31. The topological polar surface area (TPSA) is 120 Å². The summed E-state index contributed by atoms with van der Waals surface area (Å²) in [6.45, 7) is 0. The number of benzene rings is 4. The summed E-state index contributed by atoms with van der Waals surface area (Å²) < 4.78 is 11.1. The van der Waals surface area contributed by atoms with Crippen molar-refractivity contribution >= 4 is 24.1 Å². The van der Waals surface area contributed by atoms with Gasteiger partial charge < -0.3 is 30.3 Å². The Labute approximate surface area is 229 Å². The van der Waals surface area contributed by atoms with Crippen molar-refractivity contribution < 1.29 is 33.9 Å². The highest BCUT2D eigenvalue weighted by Gasteiger charge is 2.32. The molecule has 0 aromatic heterocycles. The van der Waals surface area contributed by atoms with Gasteiger partial charge in [0.05, 0.1) is 6.10 Å². The van der Waals surface area contributed by atoms with Gasteiger partial charge in [0.15, 0.2) is 11.5 Å². The van der Waals surface area contributed by atoms with E-state index in [0.717, 1.165) is 11.5 Å². The predicted molar refractivity (Wildman–Crippen MR) is 149 cm³/mol. The predicted octanol–water partition coefficient (Wildman–Crippen LogP) is 6.25. The van der Waals surface area contributed by atoms with E-state index in [1.165, 1.54) is 65.5 Å². The molecular weight excluding hydrogens is 524 g/mol. The molecule has 0 saturated carbocycles. The van der Waals surface area contributed by atoms with E-state index in [0.29, 0.717) is 11.1 Å². The molecule has 4 aromatic carbocycles. The molecule has 0 saturated heterocycles. The fourth-order valence-corrected chi connectivity index (χ4v) is 5.15. The molecule has 0 fully saturated rings.